The van der Waals surface area contributed by atoms with Crippen molar-refractivity contribution >= 4 is 17.9 Å². The zero-order valence-electron chi connectivity index (χ0n) is 9.18. The van der Waals surface area contributed by atoms with Gasteiger partial charge in [0.05, 0.1) is 12.8 Å². The maximum atomic E-state index is 10.6. The second-order valence-corrected chi connectivity index (χ2v) is 3.34. The molecular formula is C9H16N2O6. The van der Waals surface area contributed by atoms with Crippen LogP contribution in [0.4, 0.5) is 0 Å². The van der Waals surface area contributed by atoms with Crippen molar-refractivity contribution in [3.05, 3.63) is 0 Å². The molecule has 0 aliphatic rings. The first-order valence-corrected chi connectivity index (χ1v) is 5.04. The van der Waals surface area contributed by atoms with Crippen LogP contribution in [-0.4, -0.2) is 58.9 Å². The van der Waals surface area contributed by atoms with Gasteiger partial charge in [0, 0.05) is 19.6 Å². The van der Waals surface area contributed by atoms with E-state index in [-0.39, 0.29) is 19.5 Å². The van der Waals surface area contributed by atoms with Crippen molar-refractivity contribution in [2.75, 3.05) is 19.6 Å². The lowest BCUT2D eigenvalue weighted by molar-refractivity contribution is -0.145. The van der Waals surface area contributed by atoms with Gasteiger partial charge in [0.1, 0.15) is 6.04 Å². The van der Waals surface area contributed by atoms with Crippen LogP contribution in [0.3, 0.4) is 0 Å². The summed E-state index contributed by atoms with van der Waals surface area (Å²) < 4.78 is 0. The van der Waals surface area contributed by atoms with Crippen LogP contribution in [0.2, 0.25) is 0 Å². The van der Waals surface area contributed by atoms with Crippen LogP contribution in [0.1, 0.15) is 12.8 Å². The molecule has 17 heavy (non-hydrogen) atoms. The number of nitrogens with one attached hydrogen (secondary N) is 2. The number of carboxylic acid groups (broad SMARTS) is 3. The summed E-state index contributed by atoms with van der Waals surface area (Å²) in [6.07, 6.45) is -0.512. The van der Waals surface area contributed by atoms with E-state index >= 15 is 0 Å². The summed E-state index contributed by atoms with van der Waals surface area (Å²) in [5.41, 5.74) is 0. The Balaban J connectivity index is 3.65. The monoisotopic (exact) mass is 248 g/mol. The maximum absolute atomic E-state index is 10.6. The molecule has 0 fully saturated rings. The van der Waals surface area contributed by atoms with E-state index in [9.17, 15) is 14.4 Å². The fraction of sp³-hybridized carbons (Fsp3) is 0.667. The van der Waals surface area contributed by atoms with Gasteiger partial charge in [0.25, 0.3) is 0 Å². The van der Waals surface area contributed by atoms with E-state index in [0.717, 1.165) is 0 Å². The molecule has 0 spiro atoms. The molecular weight excluding hydrogens is 232 g/mol. The summed E-state index contributed by atoms with van der Waals surface area (Å²) in [6.45, 7) is 0.911. The van der Waals surface area contributed by atoms with Crippen LogP contribution in [0.5, 0.6) is 0 Å². The van der Waals surface area contributed by atoms with E-state index in [2.05, 4.69) is 10.6 Å². The largest absolute Gasteiger partial charge is 0.481 e. The number of hydrogen-bond acceptors (Lipinski definition) is 5. The van der Waals surface area contributed by atoms with Gasteiger partial charge in [-0.3, -0.25) is 14.4 Å². The lowest BCUT2D eigenvalue weighted by atomic mass is 10.2. The molecule has 0 amide bonds. The van der Waals surface area contributed by atoms with Crippen molar-refractivity contribution in [2.24, 2.45) is 0 Å². The Bertz CT molecular complexity index is 281. The van der Waals surface area contributed by atoms with E-state index in [0.29, 0.717) is 6.54 Å². The Labute approximate surface area is 97.6 Å². The molecule has 98 valence electrons. The Hall–Kier alpha value is -1.67. The smallest absolute Gasteiger partial charge is 0.321 e. The van der Waals surface area contributed by atoms with E-state index in [4.69, 9.17) is 15.3 Å². The van der Waals surface area contributed by atoms with E-state index in [1.807, 2.05) is 0 Å². The summed E-state index contributed by atoms with van der Waals surface area (Å²) >= 11 is 0. The lowest BCUT2D eigenvalue weighted by Crippen LogP contribution is -2.41. The van der Waals surface area contributed by atoms with Gasteiger partial charge in [-0.2, -0.15) is 0 Å². The van der Waals surface area contributed by atoms with Crippen molar-refractivity contribution in [2.45, 2.75) is 18.9 Å². The predicted octanol–water partition coefficient (Wildman–Crippen LogP) is -1.43. The molecule has 0 bridgehead atoms. The van der Waals surface area contributed by atoms with Crippen LogP contribution < -0.4 is 10.6 Å². The standard InChI is InChI=1S/C9H16N2O6/c12-7(13)1-2-10-3-4-11-6(9(16)17)5-8(14)15/h6,10-11H,1-5H2,(H,12,13)(H,14,15)(H,16,17). The number of carboxylic acids is 3. The molecule has 0 aromatic heterocycles. The Morgan fingerprint density at radius 1 is 0.941 bits per heavy atom. The average molecular weight is 248 g/mol. The third-order valence-electron chi connectivity index (χ3n) is 1.88. The van der Waals surface area contributed by atoms with Gasteiger partial charge < -0.3 is 26.0 Å². The highest BCUT2D eigenvalue weighted by Crippen LogP contribution is 1.91. The summed E-state index contributed by atoms with van der Waals surface area (Å²) in [6, 6.07) is -1.13. The fourth-order valence-electron chi connectivity index (χ4n) is 1.08. The van der Waals surface area contributed by atoms with Crippen LogP contribution >= 0.6 is 0 Å². The van der Waals surface area contributed by atoms with Gasteiger partial charge in [-0.05, 0) is 0 Å². The minimum absolute atomic E-state index is 0.0164. The normalized spacial score (nSPS) is 12.0. The fourth-order valence-corrected chi connectivity index (χ4v) is 1.08. The third kappa shape index (κ3) is 9.27. The van der Waals surface area contributed by atoms with Gasteiger partial charge in [0.15, 0.2) is 0 Å². The molecule has 0 rings (SSSR count). The van der Waals surface area contributed by atoms with Crippen LogP contribution in [0.15, 0.2) is 0 Å². The quantitative estimate of drug-likeness (QED) is 0.297. The van der Waals surface area contributed by atoms with Gasteiger partial charge >= 0.3 is 17.9 Å². The Kier molecular flexibility index (Phi) is 7.65. The summed E-state index contributed by atoms with van der Waals surface area (Å²) in [7, 11) is 0. The summed E-state index contributed by atoms with van der Waals surface area (Å²) in [5, 5.41) is 30.8. The minimum atomic E-state index is -1.22. The molecule has 1 atom stereocenters. The molecule has 0 aromatic carbocycles. The lowest BCUT2D eigenvalue weighted by Gasteiger charge is -2.12. The van der Waals surface area contributed by atoms with Crippen molar-refractivity contribution in [3.8, 4) is 0 Å². The van der Waals surface area contributed by atoms with Gasteiger partial charge in [-0.1, -0.05) is 0 Å². The molecule has 8 nitrogen and oxygen atoms in total. The van der Waals surface area contributed by atoms with Crippen molar-refractivity contribution < 1.29 is 29.7 Å². The average Bonchev–Trinajstić information content (AvgIpc) is 2.20. The highest BCUT2D eigenvalue weighted by Gasteiger charge is 2.19. The SMILES string of the molecule is O=C(O)CCNCCNC(CC(=O)O)C(=O)O. The minimum Gasteiger partial charge on any atom is -0.481 e. The molecule has 0 heterocycles. The summed E-state index contributed by atoms with van der Waals surface area (Å²) in [5.74, 6) is -3.33. The summed E-state index contributed by atoms with van der Waals surface area (Å²) in [4.78, 5) is 31.1. The highest BCUT2D eigenvalue weighted by molar-refractivity contribution is 5.80. The van der Waals surface area contributed by atoms with E-state index in [1.165, 1.54) is 0 Å². The molecule has 1 unspecified atom stereocenters. The molecule has 0 aliphatic heterocycles. The third-order valence-corrected chi connectivity index (χ3v) is 1.88. The van der Waals surface area contributed by atoms with Crippen LogP contribution in [-0.2, 0) is 14.4 Å². The molecule has 0 saturated heterocycles. The van der Waals surface area contributed by atoms with E-state index in [1.54, 1.807) is 0 Å². The maximum Gasteiger partial charge on any atom is 0.321 e. The molecule has 0 aromatic rings. The second-order valence-electron chi connectivity index (χ2n) is 3.34. The van der Waals surface area contributed by atoms with E-state index < -0.39 is 30.4 Å². The number of aliphatic carboxylic acids is 3. The Morgan fingerprint density at radius 2 is 1.59 bits per heavy atom. The topological polar surface area (TPSA) is 136 Å². The molecule has 5 N–H and O–H groups in total. The number of hydrogen-bond donors (Lipinski definition) is 5. The van der Waals surface area contributed by atoms with Gasteiger partial charge in [-0.25, -0.2) is 0 Å². The number of rotatable bonds is 10. The van der Waals surface area contributed by atoms with Crippen molar-refractivity contribution in [1.82, 2.24) is 10.6 Å². The van der Waals surface area contributed by atoms with Crippen LogP contribution in [0.25, 0.3) is 0 Å². The van der Waals surface area contributed by atoms with Gasteiger partial charge in [0.2, 0.25) is 0 Å². The number of carbonyl (C=O) groups is 3. The van der Waals surface area contributed by atoms with Crippen molar-refractivity contribution in [1.29, 1.82) is 0 Å². The van der Waals surface area contributed by atoms with Crippen molar-refractivity contribution in [3.63, 3.8) is 0 Å². The molecule has 8 heteroatoms. The zero-order valence-corrected chi connectivity index (χ0v) is 9.18. The highest BCUT2D eigenvalue weighted by atomic mass is 16.4. The Morgan fingerprint density at radius 3 is 2.06 bits per heavy atom. The first-order valence-electron chi connectivity index (χ1n) is 5.04. The second kappa shape index (κ2) is 8.48. The van der Waals surface area contributed by atoms with Gasteiger partial charge in [-0.15, -0.1) is 0 Å². The molecule has 0 radical (unpaired) electrons. The predicted molar refractivity (Wildman–Crippen MR) is 56.8 cm³/mol. The molecule has 0 saturated carbocycles. The first kappa shape index (κ1) is 15.3. The van der Waals surface area contributed by atoms with Crippen LogP contribution in [0, 0.1) is 0 Å². The first-order chi connectivity index (χ1) is 7.93. The zero-order chi connectivity index (χ0) is 13.3. The molecule has 0 aliphatic carbocycles.